The number of aromatic hydroxyl groups is 1. The third-order valence-electron chi connectivity index (χ3n) is 4.75. The van der Waals surface area contributed by atoms with E-state index in [0.717, 1.165) is 41.5 Å². The molecule has 0 bridgehead atoms. The van der Waals surface area contributed by atoms with Crippen LogP contribution in [-0.4, -0.2) is 42.1 Å². The molecule has 0 radical (unpaired) electrons. The highest BCUT2D eigenvalue weighted by atomic mass is 16.3. The van der Waals surface area contributed by atoms with Crippen LogP contribution < -0.4 is 0 Å². The molecule has 0 aliphatic carbocycles. The number of nitrogens with zero attached hydrogens (tertiary/aromatic N) is 3. The number of hydrogen-bond donors (Lipinski definition) is 1. The quantitative estimate of drug-likeness (QED) is 0.693. The molecular formula is C23H25N3O. The molecule has 0 saturated heterocycles. The molecule has 0 fully saturated rings. The summed E-state index contributed by atoms with van der Waals surface area (Å²) in [4.78, 5) is 4.50. The van der Waals surface area contributed by atoms with Gasteiger partial charge in [0, 0.05) is 31.7 Å². The molecule has 0 saturated carbocycles. The average molecular weight is 359 g/mol. The summed E-state index contributed by atoms with van der Waals surface area (Å²) in [5.74, 6) is 0.336. The molecule has 0 heterocycles. The molecule has 0 aliphatic rings. The van der Waals surface area contributed by atoms with E-state index in [4.69, 9.17) is 5.26 Å². The third-order valence-corrected chi connectivity index (χ3v) is 4.75. The fraction of sp³-hybridized carbons (Fsp3) is 0.261. The lowest BCUT2D eigenvalue weighted by atomic mass is 10.0. The molecule has 0 atom stereocenters. The van der Waals surface area contributed by atoms with E-state index in [1.54, 1.807) is 6.07 Å². The van der Waals surface area contributed by atoms with E-state index in [0.29, 0.717) is 17.9 Å². The van der Waals surface area contributed by atoms with Crippen molar-refractivity contribution >= 4 is 10.8 Å². The first-order valence-corrected chi connectivity index (χ1v) is 9.12. The van der Waals surface area contributed by atoms with E-state index in [1.807, 2.05) is 42.5 Å². The molecule has 3 aromatic rings. The van der Waals surface area contributed by atoms with E-state index in [1.165, 1.54) is 0 Å². The maximum absolute atomic E-state index is 10.5. The Morgan fingerprint density at radius 1 is 0.889 bits per heavy atom. The first-order valence-electron chi connectivity index (χ1n) is 9.12. The molecule has 4 nitrogen and oxygen atoms in total. The number of likely N-dealkylation sites (N-methyl/N-ethyl adjacent to an activating group) is 1. The Morgan fingerprint density at radius 3 is 2.33 bits per heavy atom. The van der Waals surface area contributed by atoms with Crippen LogP contribution in [0.5, 0.6) is 5.75 Å². The highest BCUT2D eigenvalue weighted by molar-refractivity contribution is 5.87. The zero-order chi connectivity index (χ0) is 19.2. The molecule has 3 rings (SSSR count). The van der Waals surface area contributed by atoms with Crippen LogP contribution in [0.4, 0.5) is 0 Å². The minimum absolute atomic E-state index is 0.336. The van der Waals surface area contributed by atoms with Gasteiger partial charge in [-0.25, -0.2) is 0 Å². The molecule has 0 aliphatic heterocycles. The number of nitriles is 1. The Morgan fingerprint density at radius 2 is 1.63 bits per heavy atom. The largest absolute Gasteiger partial charge is 0.508 e. The summed E-state index contributed by atoms with van der Waals surface area (Å²) in [6.07, 6.45) is 0. The Kier molecular flexibility index (Phi) is 6.08. The molecule has 0 amide bonds. The van der Waals surface area contributed by atoms with Gasteiger partial charge in [0.05, 0.1) is 11.6 Å². The van der Waals surface area contributed by atoms with Gasteiger partial charge in [0.2, 0.25) is 0 Å². The SMILES string of the molecule is CN(C)CCN(Cc1ccc(C#N)cc1)Cc1c(O)ccc2ccccc12. The van der Waals surface area contributed by atoms with Gasteiger partial charge in [-0.3, -0.25) is 4.90 Å². The van der Waals surface area contributed by atoms with Gasteiger partial charge < -0.3 is 10.0 Å². The molecule has 0 aromatic heterocycles. The Bertz CT molecular complexity index is 942. The van der Waals surface area contributed by atoms with Crippen molar-refractivity contribution in [3.8, 4) is 11.8 Å². The van der Waals surface area contributed by atoms with E-state index in [2.05, 4.69) is 42.1 Å². The minimum Gasteiger partial charge on any atom is -0.508 e. The van der Waals surface area contributed by atoms with Crippen molar-refractivity contribution in [3.63, 3.8) is 0 Å². The Hall–Kier alpha value is -2.87. The normalized spacial score (nSPS) is 11.2. The molecule has 138 valence electrons. The second-order valence-corrected chi connectivity index (χ2v) is 7.11. The standard InChI is InChI=1S/C23H25N3O/c1-25(2)13-14-26(16-19-9-7-18(15-24)8-10-19)17-22-21-6-4-3-5-20(21)11-12-23(22)27/h3-12,27H,13-14,16-17H2,1-2H3. The van der Waals surface area contributed by atoms with Crippen molar-refractivity contribution in [2.45, 2.75) is 13.1 Å². The first-order chi connectivity index (χ1) is 13.1. The summed E-state index contributed by atoms with van der Waals surface area (Å²) in [5, 5.41) is 21.7. The number of phenolic OH excluding ortho intramolecular Hbond substituents is 1. The number of benzene rings is 3. The van der Waals surface area contributed by atoms with Crippen molar-refractivity contribution < 1.29 is 5.11 Å². The van der Waals surface area contributed by atoms with Crippen LogP contribution in [0.3, 0.4) is 0 Å². The van der Waals surface area contributed by atoms with Gasteiger partial charge in [-0.2, -0.15) is 5.26 Å². The zero-order valence-corrected chi connectivity index (χ0v) is 15.9. The molecule has 3 aromatic carbocycles. The van der Waals surface area contributed by atoms with E-state index in [9.17, 15) is 5.11 Å². The van der Waals surface area contributed by atoms with Crippen LogP contribution in [-0.2, 0) is 13.1 Å². The molecule has 0 spiro atoms. The summed E-state index contributed by atoms with van der Waals surface area (Å²) in [5.41, 5.74) is 2.79. The van der Waals surface area contributed by atoms with Crippen molar-refractivity contribution in [2.24, 2.45) is 0 Å². The van der Waals surface area contributed by atoms with Crippen molar-refractivity contribution in [1.29, 1.82) is 5.26 Å². The van der Waals surface area contributed by atoms with Crippen LogP contribution in [0, 0.1) is 11.3 Å². The molecular weight excluding hydrogens is 334 g/mol. The number of phenols is 1. The van der Waals surface area contributed by atoms with E-state index >= 15 is 0 Å². The van der Waals surface area contributed by atoms with Gasteiger partial charge in [0.15, 0.2) is 0 Å². The van der Waals surface area contributed by atoms with Gasteiger partial charge in [0.25, 0.3) is 0 Å². The van der Waals surface area contributed by atoms with E-state index < -0.39 is 0 Å². The smallest absolute Gasteiger partial charge is 0.120 e. The Labute approximate surface area is 160 Å². The van der Waals surface area contributed by atoms with E-state index in [-0.39, 0.29) is 0 Å². The maximum Gasteiger partial charge on any atom is 0.120 e. The minimum atomic E-state index is 0.336. The fourth-order valence-electron chi connectivity index (χ4n) is 3.21. The Balaban J connectivity index is 1.87. The van der Waals surface area contributed by atoms with Crippen LogP contribution >= 0.6 is 0 Å². The molecule has 27 heavy (non-hydrogen) atoms. The summed E-state index contributed by atoms with van der Waals surface area (Å²) in [6.45, 7) is 3.25. The van der Waals surface area contributed by atoms with Gasteiger partial charge in [-0.05, 0) is 48.6 Å². The van der Waals surface area contributed by atoms with Gasteiger partial charge in [-0.15, -0.1) is 0 Å². The maximum atomic E-state index is 10.5. The summed E-state index contributed by atoms with van der Waals surface area (Å²) in [6, 6.07) is 21.8. The predicted octanol–water partition coefficient (Wildman–Crippen LogP) is 3.98. The summed E-state index contributed by atoms with van der Waals surface area (Å²) >= 11 is 0. The first kappa shape index (κ1) is 18.9. The van der Waals surface area contributed by atoms with Gasteiger partial charge >= 0.3 is 0 Å². The monoisotopic (exact) mass is 359 g/mol. The van der Waals surface area contributed by atoms with Crippen LogP contribution in [0.25, 0.3) is 10.8 Å². The van der Waals surface area contributed by atoms with Crippen molar-refractivity contribution in [2.75, 3.05) is 27.2 Å². The second kappa shape index (κ2) is 8.68. The van der Waals surface area contributed by atoms with Gasteiger partial charge in [0.1, 0.15) is 5.75 Å². The van der Waals surface area contributed by atoms with Crippen molar-refractivity contribution in [1.82, 2.24) is 9.80 Å². The van der Waals surface area contributed by atoms with Gasteiger partial charge in [-0.1, -0.05) is 42.5 Å². The topological polar surface area (TPSA) is 50.5 Å². The molecule has 1 N–H and O–H groups in total. The summed E-state index contributed by atoms with van der Waals surface area (Å²) < 4.78 is 0. The number of hydrogen-bond acceptors (Lipinski definition) is 4. The number of fused-ring (bicyclic) bond motifs is 1. The van der Waals surface area contributed by atoms with Crippen LogP contribution in [0.2, 0.25) is 0 Å². The average Bonchev–Trinajstić information content (AvgIpc) is 2.68. The highest BCUT2D eigenvalue weighted by Crippen LogP contribution is 2.28. The predicted molar refractivity (Wildman–Crippen MR) is 109 cm³/mol. The summed E-state index contributed by atoms with van der Waals surface area (Å²) in [7, 11) is 4.13. The molecule has 4 heteroatoms. The lowest BCUT2D eigenvalue weighted by Gasteiger charge is -2.25. The number of rotatable bonds is 7. The van der Waals surface area contributed by atoms with Crippen LogP contribution in [0.1, 0.15) is 16.7 Å². The zero-order valence-electron chi connectivity index (χ0n) is 15.9. The molecule has 0 unspecified atom stereocenters. The fourth-order valence-corrected chi connectivity index (χ4v) is 3.21. The van der Waals surface area contributed by atoms with Crippen LogP contribution in [0.15, 0.2) is 60.7 Å². The lowest BCUT2D eigenvalue weighted by Crippen LogP contribution is -2.31. The lowest BCUT2D eigenvalue weighted by molar-refractivity contribution is 0.224. The highest BCUT2D eigenvalue weighted by Gasteiger charge is 2.13. The third kappa shape index (κ3) is 4.85. The van der Waals surface area contributed by atoms with Crippen molar-refractivity contribution in [3.05, 3.63) is 77.4 Å². The second-order valence-electron chi connectivity index (χ2n) is 7.11.